The first-order chi connectivity index (χ1) is 7.95. The maximum atomic E-state index is 11.5. The molecule has 1 rings (SSSR count). The van der Waals surface area contributed by atoms with E-state index in [1.807, 2.05) is 6.92 Å². The van der Waals surface area contributed by atoms with Gasteiger partial charge in [0, 0.05) is 20.6 Å². The summed E-state index contributed by atoms with van der Waals surface area (Å²) in [6.45, 7) is 2.84. The lowest BCUT2D eigenvalue weighted by Gasteiger charge is -2.12. The van der Waals surface area contributed by atoms with Crippen molar-refractivity contribution in [2.45, 2.75) is 13.3 Å². The first-order valence-corrected chi connectivity index (χ1v) is 6.67. The quantitative estimate of drug-likeness (QED) is 0.777. The summed E-state index contributed by atoms with van der Waals surface area (Å²) in [6, 6.07) is 3.24. The van der Waals surface area contributed by atoms with Crippen molar-refractivity contribution in [1.82, 2.24) is 14.5 Å². The van der Waals surface area contributed by atoms with Gasteiger partial charge in [0.15, 0.2) is 5.82 Å². The Kier molecular flexibility index (Phi) is 4.64. The molecule has 96 valence electrons. The second-order valence-corrected chi connectivity index (χ2v) is 5.50. The molecule has 2 N–H and O–H groups in total. The van der Waals surface area contributed by atoms with E-state index in [9.17, 15) is 8.42 Å². The molecule has 1 aromatic rings. The van der Waals surface area contributed by atoms with Gasteiger partial charge < -0.3 is 5.32 Å². The van der Waals surface area contributed by atoms with Crippen LogP contribution in [0.2, 0.25) is 0 Å². The predicted octanol–water partition coefficient (Wildman–Crippen LogP) is 0.517. The van der Waals surface area contributed by atoms with Crippen LogP contribution in [0.1, 0.15) is 13.3 Å². The molecule has 1 heterocycles. The van der Waals surface area contributed by atoms with Crippen molar-refractivity contribution in [2.24, 2.45) is 0 Å². The molecule has 0 amide bonds. The number of hydrogen-bond acceptors (Lipinski definition) is 5. The van der Waals surface area contributed by atoms with Crippen LogP contribution in [-0.4, -0.2) is 43.6 Å². The molecule has 1 aromatic heterocycles. The Hall–Kier alpha value is -1.41. The van der Waals surface area contributed by atoms with Gasteiger partial charge in [0.25, 0.3) is 0 Å². The second kappa shape index (κ2) is 5.78. The van der Waals surface area contributed by atoms with Crippen LogP contribution in [-0.2, 0) is 10.2 Å². The van der Waals surface area contributed by atoms with Crippen molar-refractivity contribution in [3.05, 3.63) is 12.1 Å². The summed E-state index contributed by atoms with van der Waals surface area (Å²) in [5.41, 5.74) is 0. The first kappa shape index (κ1) is 13.7. The number of rotatable bonds is 6. The molecule has 0 bridgehead atoms. The van der Waals surface area contributed by atoms with Gasteiger partial charge in [-0.3, -0.25) is 4.72 Å². The Morgan fingerprint density at radius 2 is 1.82 bits per heavy atom. The highest BCUT2D eigenvalue weighted by molar-refractivity contribution is 7.90. The molecule has 0 aromatic carbocycles. The van der Waals surface area contributed by atoms with Crippen LogP contribution in [0.3, 0.4) is 0 Å². The lowest BCUT2D eigenvalue weighted by Crippen LogP contribution is -2.29. The molecule has 0 aliphatic heterocycles. The van der Waals surface area contributed by atoms with Crippen LogP contribution in [0, 0.1) is 0 Å². The van der Waals surface area contributed by atoms with Crippen molar-refractivity contribution in [3.63, 3.8) is 0 Å². The van der Waals surface area contributed by atoms with Crippen molar-refractivity contribution in [3.8, 4) is 0 Å². The summed E-state index contributed by atoms with van der Waals surface area (Å²) < 4.78 is 26.3. The third-order valence-corrected chi connectivity index (χ3v) is 3.36. The number of nitrogens with one attached hydrogen (secondary N) is 2. The fraction of sp³-hybridized carbons (Fsp3) is 0.556. The predicted molar refractivity (Wildman–Crippen MR) is 67.0 cm³/mol. The molecule has 17 heavy (non-hydrogen) atoms. The smallest absolute Gasteiger partial charge is 0.302 e. The minimum atomic E-state index is -3.52. The lowest BCUT2D eigenvalue weighted by atomic mass is 10.4. The van der Waals surface area contributed by atoms with Crippen LogP contribution < -0.4 is 10.0 Å². The Bertz CT molecular complexity index is 443. The summed E-state index contributed by atoms with van der Waals surface area (Å²) in [7, 11) is -0.646. The molecule has 8 heteroatoms. The highest BCUT2D eigenvalue weighted by Crippen LogP contribution is 2.08. The van der Waals surface area contributed by atoms with Crippen LogP contribution >= 0.6 is 0 Å². The molecule has 0 saturated carbocycles. The average molecular weight is 259 g/mol. The van der Waals surface area contributed by atoms with E-state index < -0.39 is 10.2 Å². The molecule has 0 saturated heterocycles. The Balaban J connectivity index is 2.69. The largest absolute Gasteiger partial charge is 0.369 e. The molecule has 0 aliphatic carbocycles. The van der Waals surface area contributed by atoms with Crippen LogP contribution in [0.25, 0.3) is 0 Å². The molecule has 0 atom stereocenters. The Labute approximate surface area is 101 Å². The fourth-order valence-electron chi connectivity index (χ4n) is 0.957. The van der Waals surface area contributed by atoms with Gasteiger partial charge in [0.2, 0.25) is 0 Å². The first-order valence-electron chi connectivity index (χ1n) is 5.23. The van der Waals surface area contributed by atoms with Crippen LogP contribution in [0.15, 0.2) is 12.1 Å². The number of anilines is 2. The Morgan fingerprint density at radius 1 is 1.24 bits per heavy atom. The minimum Gasteiger partial charge on any atom is -0.369 e. The van der Waals surface area contributed by atoms with Gasteiger partial charge in [-0.15, -0.1) is 10.2 Å². The van der Waals surface area contributed by atoms with Gasteiger partial charge in [-0.1, -0.05) is 6.92 Å². The van der Waals surface area contributed by atoms with E-state index in [1.165, 1.54) is 14.1 Å². The van der Waals surface area contributed by atoms with E-state index in [0.717, 1.165) is 17.3 Å². The number of nitrogens with zero attached hydrogens (tertiary/aromatic N) is 3. The van der Waals surface area contributed by atoms with Crippen molar-refractivity contribution >= 4 is 21.8 Å². The summed E-state index contributed by atoms with van der Waals surface area (Å²) in [4.78, 5) is 0. The highest BCUT2D eigenvalue weighted by Gasteiger charge is 2.13. The zero-order valence-electron chi connectivity index (χ0n) is 10.1. The normalized spacial score (nSPS) is 11.5. The van der Waals surface area contributed by atoms with E-state index in [1.54, 1.807) is 12.1 Å². The molecule has 0 fully saturated rings. The summed E-state index contributed by atoms with van der Waals surface area (Å²) in [5.74, 6) is 0.820. The molecule has 0 aliphatic rings. The number of aromatic nitrogens is 2. The van der Waals surface area contributed by atoms with Crippen molar-refractivity contribution in [1.29, 1.82) is 0 Å². The number of hydrogen-bond donors (Lipinski definition) is 2. The van der Waals surface area contributed by atoms with Gasteiger partial charge in [-0.2, -0.15) is 12.7 Å². The van der Waals surface area contributed by atoms with Gasteiger partial charge in [0.05, 0.1) is 0 Å². The zero-order valence-corrected chi connectivity index (χ0v) is 11.0. The molecule has 0 spiro atoms. The third-order valence-electron chi connectivity index (χ3n) is 1.93. The van der Waals surface area contributed by atoms with E-state index in [4.69, 9.17) is 0 Å². The maximum Gasteiger partial charge on any atom is 0.302 e. The van der Waals surface area contributed by atoms with Crippen molar-refractivity contribution < 1.29 is 8.42 Å². The van der Waals surface area contributed by atoms with Crippen LogP contribution in [0.4, 0.5) is 11.6 Å². The fourth-order valence-corrected chi connectivity index (χ4v) is 1.51. The minimum absolute atomic E-state index is 0.195. The van der Waals surface area contributed by atoms with E-state index in [-0.39, 0.29) is 5.82 Å². The highest BCUT2D eigenvalue weighted by atomic mass is 32.2. The molecular formula is C9H17N5O2S. The van der Waals surface area contributed by atoms with E-state index >= 15 is 0 Å². The SMILES string of the molecule is CCCNc1ccc(NS(=O)(=O)N(C)C)nn1. The van der Waals surface area contributed by atoms with E-state index in [2.05, 4.69) is 20.2 Å². The molecule has 0 radical (unpaired) electrons. The average Bonchev–Trinajstić information content (AvgIpc) is 2.27. The topological polar surface area (TPSA) is 87.2 Å². The third kappa shape index (κ3) is 4.16. The van der Waals surface area contributed by atoms with E-state index in [0.29, 0.717) is 5.82 Å². The molecule has 7 nitrogen and oxygen atoms in total. The Morgan fingerprint density at radius 3 is 2.29 bits per heavy atom. The van der Waals surface area contributed by atoms with Crippen LogP contribution in [0.5, 0.6) is 0 Å². The molecular weight excluding hydrogens is 242 g/mol. The van der Waals surface area contributed by atoms with Gasteiger partial charge >= 0.3 is 10.2 Å². The van der Waals surface area contributed by atoms with Gasteiger partial charge in [0.1, 0.15) is 5.82 Å². The summed E-state index contributed by atoms with van der Waals surface area (Å²) in [5, 5.41) is 10.7. The summed E-state index contributed by atoms with van der Waals surface area (Å²) in [6.07, 6.45) is 0.983. The standard InChI is InChI=1S/C9H17N5O2S/c1-4-7-10-8-5-6-9(12-11-8)13-17(15,16)14(2)3/h5-6H,4,7H2,1-3H3,(H,10,11)(H,12,13). The maximum absolute atomic E-state index is 11.5. The molecule has 0 unspecified atom stereocenters. The monoisotopic (exact) mass is 259 g/mol. The lowest BCUT2D eigenvalue weighted by molar-refractivity contribution is 0.526. The second-order valence-electron chi connectivity index (χ2n) is 3.62. The summed E-state index contributed by atoms with van der Waals surface area (Å²) >= 11 is 0. The van der Waals surface area contributed by atoms with Crippen molar-refractivity contribution in [2.75, 3.05) is 30.7 Å². The van der Waals surface area contributed by atoms with Gasteiger partial charge in [-0.25, -0.2) is 0 Å². The van der Waals surface area contributed by atoms with Gasteiger partial charge in [-0.05, 0) is 18.6 Å². The zero-order chi connectivity index (χ0) is 12.9.